The van der Waals surface area contributed by atoms with Crippen LogP contribution in [-0.2, 0) is 4.74 Å². The van der Waals surface area contributed by atoms with Gasteiger partial charge in [-0.2, -0.15) is 0 Å². The molecule has 3 aliphatic rings. The van der Waals surface area contributed by atoms with Crippen LogP contribution >= 0.6 is 0 Å². The summed E-state index contributed by atoms with van der Waals surface area (Å²) in [6, 6.07) is 0. The van der Waals surface area contributed by atoms with E-state index in [0.29, 0.717) is 11.4 Å². The van der Waals surface area contributed by atoms with Gasteiger partial charge in [-0.25, -0.2) is 15.4 Å². The van der Waals surface area contributed by atoms with E-state index in [1.54, 1.807) is 5.48 Å². The van der Waals surface area contributed by atoms with E-state index >= 15 is 0 Å². The Labute approximate surface area is 153 Å². The molecule has 3 fully saturated rings. The van der Waals surface area contributed by atoms with E-state index in [0.717, 1.165) is 32.2 Å². The minimum absolute atomic E-state index is 0.257. The first-order valence-electron chi connectivity index (χ1n) is 9.49. The van der Waals surface area contributed by atoms with E-state index in [4.69, 9.17) is 9.94 Å². The van der Waals surface area contributed by atoms with Gasteiger partial charge in [0.05, 0.1) is 5.56 Å². The SMILES string of the molecule is O=C(NO)c1cnc(N2CCC3(CC2)CN(CC2CCOCC2)C3)nc1. The number of nitrogens with zero attached hydrogens (tertiary/aromatic N) is 4. The second-order valence-corrected chi connectivity index (χ2v) is 7.93. The van der Waals surface area contributed by atoms with Gasteiger partial charge >= 0.3 is 0 Å². The molecule has 0 aliphatic carbocycles. The number of likely N-dealkylation sites (tertiary alicyclic amines) is 1. The number of carbonyl (C=O) groups is 1. The molecule has 0 bridgehead atoms. The van der Waals surface area contributed by atoms with Crippen LogP contribution in [-0.4, -0.2) is 71.9 Å². The lowest BCUT2D eigenvalue weighted by atomic mass is 9.71. The van der Waals surface area contributed by atoms with E-state index in [1.807, 2.05) is 0 Å². The summed E-state index contributed by atoms with van der Waals surface area (Å²) in [4.78, 5) is 24.7. The lowest BCUT2D eigenvalue weighted by molar-refractivity contribution is -0.0402. The molecule has 0 radical (unpaired) electrons. The van der Waals surface area contributed by atoms with Crippen molar-refractivity contribution >= 4 is 11.9 Å². The molecule has 3 aliphatic heterocycles. The number of nitrogens with one attached hydrogen (secondary N) is 1. The van der Waals surface area contributed by atoms with E-state index in [9.17, 15) is 4.79 Å². The summed E-state index contributed by atoms with van der Waals surface area (Å²) in [6.07, 6.45) is 7.66. The maximum atomic E-state index is 11.3. The molecule has 0 aromatic carbocycles. The first kappa shape index (κ1) is 17.6. The number of ether oxygens (including phenoxy) is 1. The molecular weight excluding hydrogens is 334 g/mol. The standard InChI is InChI=1S/C18H27N5O3/c24-16(21-25)15-9-19-17(20-10-15)23-5-3-18(4-6-23)12-22(13-18)11-14-1-7-26-8-2-14/h9-10,14,25H,1-8,11-13H2,(H,21,24). The summed E-state index contributed by atoms with van der Waals surface area (Å²) in [5.41, 5.74) is 2.32. The van der Waals surface area contributed by atoms with Crippen molar-refractivity contribution in [3.05, 3.63) is 18.0 Å². The number of carbonyl (C=O) groups excluding carboxylic acids is 1. The number of amides is 1. The Bertz CT molecular complexity index is 616. The average Bonchev–Trinajstić information content (AvgIpc) is 2.68. The summed E-state index contributed by atoms with van der Waals surface area (Å²) in [5.74, 6) is 0.880. The predicted molar refractivity (Wildman–Crippen MR) is 95.1 cm³/mol. The Balaban J connectivity index is 1.25. The van der Waals surface area contributed by atoms with E-state index in [1.165, 1.54) is 57.7 Å². The second kappa shape index (κ2) is 7.46. The Kier molecular flexibility index (Phi) is 5.06. The molecule has 142 valence electrons. The first-order valence-corrected chi connectivity index (χ1v) is 9.49. The van der Waals surface area contributed by atoms with Crippen molar-refractivity contribution in [2.24, 2.45) is 11.3 Å². The molecule has 1 amide bonds. The molecule has 4 rings (SSSR count). The second-order valence-electron chi connectivity index (χ2n) is 7.93. The summed E-state index contributed by atoms with van der Waals surface area (Å²) in [6.45, 7) is 7.43. The van der Waals surface area contributed by atoms with Crippen molar-refractivity contribution in [1.29, 1.82) is 0 Å². The van der Waals surface area contributed by atoms with Crippen molar-refractivity contribution in [3.63, 3.8) is 0 Å². The molecule has 8 heteroatoms. The Morgan fingerprint density at radius 1 is 1.23 bits per heavy atom. The number of hydrogen-bond donors (Lipinski definition) is 2. The van der Waals surface area contributed by atoms with Gasteiger partial charge in [0.2, 0.25) is 5.95 Å². The number of hydrogen-bond acceptors (Lipinski definition) is 7. The molecule has 0 atom stereocenters. The number of hydroxylamine groups is 1. The lowest BCUT2D eigenvalue weighted by Crippen LogP contribution is -2.61. The van der Waals surface area contributed by atoms with Crippen LogP contribution in [0.2, 0.25) is 0 Å². The molecule has 1 aromatic rings. The third kappa shape index (κ3) is 3.67. The van der Waals surface area contributed by atoms with Gasteiger partial charge in [-0.3, -0.25) is 10.0 Å². The van der Waals surface area contributed by atoms with Crippen LogP contribution in [0.25, 0.3) is 0 Å². The van der Waals surface area contributed by atoms with Gasteiger partial charge in [0.1, 0.15) is 0 Å². The van der Waals surface area contributed by atoms with Crippen LogP contribution < -0.4 is 10.4 Å². The Hall–Kier alpha value is -1.77. The minimum Gasteiger partial charge on any atom is -0.381 e. The highest BCUT2D eigenvalue weighted by molar-refractivity contribution is 5.92. The Morgan fingerprint density at radius 3 is 2.50 bits per heavy atom. The van der Waals surface area contributed by atoms with Gasteiger partial charge < -0.3 is 14.5 Å². The summed E-state index contributed by atoms with van der Waals surface area (Å²) < 4.78 is 5.45. The summed E-state index contributed by atoms with van der Waals surface area (Å²) >= 11 is 0. The van der Waals surface area contributed by atoms with Gasteiger partial charge in [0.15, 0.2) is 0 Å². The van der Waals surface area contributed by atoms with E-state index in [-0.39, 0.29) is 5.56 Å². The molecule has 1 spiro atoms. The van der Waals surface area contributed by atoms with Gasteiger partial charge in [0.25, 0.3) is 5.91 Å². The van der Waals surface area contributed by atoms with Crippen LogP contribution in [0.15, 0.2) is 12.4 Å². The van der Waals surface area contributed by atoms with Gasteiger partial charge in [-0.05, 0) is 37.0 Å². The fraction of sp³-hybridized carbons (Fsp3) is 0.722. The normalized spacial score (nSPS) is 23.7. The highest BCUT2D eigenvalue weighted by atomic mass is 16.5. The van der Waals surface area contributed by atoms with Gasteiger partial charge in [-0.1, -0.05) is 0 Å². The zero-order valence-electron chi connectivity index (χ0n) is 15.1. The molecule has 0 saturated carbocycles. The monoisotopic (exact) mass is 361 g/mol. The zero-order chi connectivity index (χ0) is 18.0. The maximum absolute atomic E-state index is 11.3. The van der Waals surface area contributed by atoms with Crippen LogP contribution in [0.3, 0.4) is 0 Å². The predicted octanol–water partition coefficient (Wildman–Crippen LogP) is 0.924. The summed E-state index contributed by atoms with van der Waals surface area (Å²) in [7, 11) is 0. The average molecular weight is 361 g/mol. The molecule has 26 heavy (non-hydrogen) atoms. The number of rotatable bonds is 4. The largest absolute Gasteiger partial charge is 0.381 e. The van der Waals surface area contributed by atoms with E-state index < -0.39 is 5.91 Å². The third-order valence-electron chi connectivity index (χ3n) is 6.08. The molecule has 4 heterocycles. The minimum atomic E-state index is -0.590. The first-order chi connectivity index (χ1) is 12.7. The fourth-order valence-corrected chi connectivity index (χ4v) is 4.49. The Morgan fingerprint density at radius 2 is 1.88 bits per heavy atom. The van der Waals surface area contributed by atoms with Crippen molar-refractivity contribution < 1.29 is 14.7 Å². The molecule has 2 N–H and O–H groups in total. The van der Waals surface area contributed by atoms with Crippen molar-refractivity contribution in [2.45, 2.75) is 25.7 Å². The fourth-order valence-electron chi connectivity index (χ4n) is 4.49. The van der Waals surface area contributed by atoms with Crippen LogP contribution in [0.5, 0.6) is 0 Å². The molecule has 8 nitrogen and oxygen atoms in total. The molecule has 0 unspecified atom stereocenters. The third-order valence-corrected chi connectivity index (χ3v) is 6.08. The topological polar surface area (TPSA) is 90.8 Å². The van der Waals surface area contributed by atoms with Crippen molar-refractivity contribution in [2.75, 3.05) is 50.8 Å². The van der Waals surface area contributed by atoms with Crippen molar-refractivity contribution in [3.8, 4) is 0 Å². The molecule has 3 saturated heterocycles. The lowest BCUT2D eigenvalue weighted by Gasteiger charge is -2.55. The molecule has 1 aromatic heterocycles. The summed E-state index contributed by atoms with van der Waals surface area (Å²) in [5, 5.41) is 8.65. The highest BCUT2D eigenvalue weighted by Crippen LogP contribution is 2.41. The van der Waals surface area contributed by atoms with Crippen molar-refractivity contribution in [1.82, 2.24) is 20.3 Å². The molecular formula is C18H27N5O3. The van der Waals surface area contributed by atoms with Gasteiger partial charge in [0, 0.05) is 58.3 Å². The number of anilines is 1. The van der Waals surface area contributed by atoms with Crippen LogP contribution in [0, 0.1) is 11.3 Å². The van der Waals surface area contributed by atoms with Crippen LogP contribution in [0.4, 0.5) is 5.95 Å². The maximum Gasteiger partial charge on any atom is 0.277 e. The van der Waals surface area contributed by atoms with Gasteiger partial charge in [-0.15, -0.1) is 0 Å². The van der Waals surface area contributed by atoms with Crippen LogP contribution in [0.1, 0.15) is 36.0 Å². The highest BCUT2D eigenvalue weighted by Gasteiger charge is 2.45. The quantitative estimate of drug-likeness (QED) is 0.609. The van der Waals surface area contributed by atoms with E-state index in [2.05, 4.69) is 19.8 Å². The number of piperidine rings is 1. The smallest absolute Gasteiger partial charge is 0.277 e. The number of aromatic nitrogens is 2. The zero-order valence-corrected chi connectivity index (χ0v) is 15.1.